The number of rotatable bonds is 2. The normalized spacial score (nSPS) is 23.4. The lowest BCUT2D eigenvalue weighted by Crippen LogP contribution is -2.15. The molecule has 3 heterocycles. The van der Waals surface area contributed by atoms with Gasteiger partial charge in [-0.15, -0.1) is 0 Å². The Bertz CT molecular complexity index is 542. The van der Waals surface area contributed by atoms with Crippen LogP contribution in [0.25, 0.3) is 11.5 Å². The standard InChI is InChI=1S/C11H11FN4O2/c12-6-1-2-8(13-4-6)10-15-11(18-16-10)9-3-7(17)5-14-9/h1-2,4,7,9,14,17H,3,5H2/t7?,9-/m0/s1. The minimum absolute atomic E-state index is 0.137. The quantitative estimate of drug-likeness (QED) is 0.814. The Labute approximate surface area is 102 Å². The van der Waals surface area contributed by atoms with Crippen LogP contribution >= 0.6 is 0 Å². The lowest BCUT2D eigenvalue weighted by molar-refractivity contribution is 0.191. The zero-order valence-electron chi connectivity index (χ0n) is 9.38. The van der Waals surface area contributed by atoms with Crippen molar-refractivity contribution in [1.29, 1.82) is 0 Å². The van der Waals surface area contributed by atoms with Crippen LogP contribution in [-0.2, 0) is 0 Å². The number of nitrogens with zero attached hydrogens (tertiary/aromatic N) is 3. The van der Waals surface area contributed by atoms with E-state index < -0.39 is 11.9 Å². The molecule has 7 heteroatoms. The average Bonchev–Trinajstić information content (AvgIpc) is 2.98. The highest BCUT2D eigenvalue weighted by atomic mass is 19.1. The lowest BCUT2D eigenvalue weighted by Gasteiger charge is -2.01. The Morgan fingerprint density at radius 2 is 2.33 bits per heavy atom. The second kappa shape index (κ2) is 4.43. The second-order valence-electron chi connectivity index (χ2n) is 4.17. The van der Waals surface area contributed by atoms with Gasteiger partial charge in [0, 0.05) is 6.54 Å². The molecule has 2 N–H and O–H groups in total. The fourth-order valence-corrected chi connectivity index (χ4v) is 1.89. The minimum atomic E-state index is -0.414. The number of β-amino-alcohol motifs (C(OH)–C–C–N with tert-alkyl or cyclic N) is 1. The van der Waals surface area contributed by atoms with Gasteiger partial charge in [-0.1, -0.05) is 5.16 Å². The van der Waals surface area contributed by atoms with Crippen LogP contribution in [0.2, 0.25) is 0 Å². The van der Waals surface area contributed by atoms with E-state index in [1.54, 1.807) is 0 Å². The van der Waals surface area contributed by atoms with Crippen molar-refractivity contribution in [2.24, 2.45) is 0 Å². The first-order chi connectivity index (χ1) is 8.72. The first-order valence-corrected chi connectivity index (χ1v) is 5.59. The smallest absolute Gasteiger partial charge is 0.244 e. The molecule has 1 aliphatic heterocycles. The van der Waals surface area contributed by atoms with Gasteiger partial charge in [0.2, 0.25) is 11.7 Å². The summed E-state index contributed by atoms with van der Waals surface area (Å²) >= 11 is 0. The highest BCUT2D eigenvalue weighted by molar-refractivity contribution is 5.47. The van der Waals surface area contributed by atoms with Crippen molar-refractivity contribution in [2.75, 3.05) is 6.54 Å². The SMILES string of the molecule is OC1CN[C@H](c2nc(-c3ccc(F)cn3)no2)C1. The summed E-state index contributed by atoms with van der Waals surface area (Å²) in [7, 11) is 0. The van der Waals surface area contributed by atoms with Crippen molar-refractivity contribution in [1.82, 2.24) is 20.4 Å². The summed E-state index contributed by atoms with van der Waals surface area (Å²) in [4.78, 5) is 8.06. The number of aliphatic hydroxyl groups is 1. The first-order valence-electron chi connectivity index (χ1n) is 5.59. The largest absolute Gasteiger partial charge is 0.392 e. The summed E-state index contributed by atoms with van der Waals surface area (Å²) in [6.45, 7) is 0.511. The minimum Gasteiger partial charge on any atom is -0.392 e. The molecule has 1 fully saturated rings. The number of aliphatic hydroxyl groups excluding tert-OH is 1. The summed E-state index contributed by atoms with van der Waals surface area (Å²) in [5.41, 5.74) is 0.449. The van der Waals surface area contributed by atoms with Crippen LogP contribution in [0.5, 0.6) is 0 Å². The maximum atomic E-state index is 12.7. The maximum absolute atomic E-state index is 12.7. The van der Waals surface area contributed by atoms with Crippen molar-refractivity contribution >= 4 is 0 Å². The van der Waals surface area contributed by atoms with Gasteiger partial charge >= 0.3 is 0 Å². The van der Waals surface area contributed by atoms with E-state index in [1.165, 1.54) is 12.1 Å². The van der Waals surface area contributed by atoms with E-state index in [1.807, 2.05) is 0 Å². The molecule has 18 heavy (non-hydrogen) atoms. The summed E-state index contributed by atoms with van der Waals surface area (Å²) in [5.74, 6) is 0.309. The van der Waals surface area contributed by atoms with Crippen LogP contribution in [0.4, 0.5) is 4.39 Å². The van der Waals surface area contributed by atoms with E-state index in [0.717, 1.165) is 6.20 Å². The molecular weight excluding hydrogens is 239 g/mol. The third kappa shape index (κ3) is 2.09. The first kappa shape index (κ1) is 11.2. The number of hydrogen-bond acceptors (Lipinski definition) is 6. The summed E-state index contributed by atoms with van der Waals surface area (Å²) in [5, 5.41) is 16.3. The number of halogens is 1. The van der Waals surface area contributed by atoms with Gasteiger partial charge in [0.1, 0.15) is 11.5 Å². The zero-order valence-corrected chi connectivity index (χ0v) is 9.38. The van der Waals surface area contributed by atoms with Crippen molar-refractivity contribution in [3.8, 4) is 11.5 Å². The predicted molar refractivity (Wildman–Crippen MR) is 58.9 cm³/mol. The van der Waals surface area contributed by atoms with Gasteiger partial charge in [-0.25, -0.2) is 9.37 Å². The molecule has 0 radical (unpaired) electrons. The molecule has 1 aliphatic rings. The molecule has 0 spiro atoms. The van der Waals surface area contributed by atoms with Crippen LogP contribution < -0.4 is 5.32 Å². The number of pyridine rings is 1. The Hall–Kier alpha value is -1.86. The number of nitrogens with one attached hydrogen (secondary N) is 1. The zero-order chi connectivity index (χ0) is 12.5. The van der Waals surface area contributed by atoms with Gasteiger partial charge < -0.3 is 14.9 Å². The molecule has 2 atom stereocenters. The Kier molecular flexibility index (Phi) is 2.77. The van der Waals surface area contributed by atoms with Crippen LogP contribution in [-0.4, -0.2) is 32.9 Å². The van der Waals surface area contributed by atoms with Gasteiger partial charge in [0.05, 0.1) is 18.3 Å². The van der Waals surface area contributed by atoms with Crippen LogP contribution in [0.1, 0.15) is 18.4 Å². The van der Waals surface area contributed by atoms with Gasteiger partial charge in [-0.05, 0) is 18.6 Å². The highest BCUT2D eigenvalue weighted by Gasteiger charge is 2.28. The van der Waals surface area contributed by atoms with Crippen molar-refractivity contribution in [2.45, 2.75) is 18.6 Å². The van der Waals surface area contributed by atoms with E-state index in [-0.39, 0.29) is 6.04 Å². The fourth-order valence-electron chi connectivity index (χ4n) is 1.89. The van der Waals surface area contributed by atoms with Gasteiger partial charge in [0.25, 0.3) is 0 Å². The molecule has 6 nitrogen and oxygen atoms in total. The topological polar surface area (TPSA) is 84.1 Å². The number of hydrogen-bond donors (Lipinski definition) is 2. The van der Waals surface area contributed by atoms with E-state index >= 15 is 0 Å². The van der Waals surface area contributed by atoms with Crippen LogP contribution in [0, 0.1) is 5.82 Å². The second-order valence-corrected chi connectivity index (χ2v) is 4.17. The molecule has 0 aromatic carbocycles. The van der Waals surface area contributed by atoms with E-state index in [0.29, 0.717) is 30.4 Å². The van der Waals surface area contributed by atoms with Crippen LogP contribution in [0.15, 0.2) is 22.9 Å². The molecule has 1 unspecified atom stereocenters. The maximum Gasteiger partial charge on any atom is 0.244 e. The molecule has 1 saturated heterocycles. The van der Waals surface area contributed by atoms with Gasteiger partial charge in [-0.3, -0.25) is 0 Å². The third-order valence-corrected chi connectivity index (χ3v) is 2.80. The van der Waals surface area contributed by atoms with Crippen LogP contribution in [0.3, 0.4) is 0 Å². The molecule has 0 aliphatic carbocycles. The van der Waals surface area contributed by atoms with E-state index in [4.69, 9.17) is 4.52 Å². The summed E-state index contributed by atoms with van der Waals surface area (Å²) in [6.07, 6.45) is 1.25. The molecule has 2 aromatic heterocycles. The van der Waals surface area contributed by atoms with Gasteiger partial charge in [-0.2, -0.15) is 4.98 Å². The number of aromatic nitrogens is 3. The Morgan fingerprint density at radius 3 is 3.00 bits per heavy atom. The molecule has 0 amide bonds. The predicted octanol–water partition coefficient (Wildman–Crippen LogP) is 0.666. The molecule has 3 rings (SSSR count). The summed E-state index contributed by atoms with van der Waals surface area (Å²) in [6, 6.07) is 2.64. The molecule has 94 valence electrons. The van der Waals surface area contributed by atoms with Crippen molar-refractivity contribution in [3.63, 3.8) is 0 Å². The molecule has 2 aromatic rings. The van der Waals surface area contributed by atoms with Crippen molar-refractivity contribution in [3.05, 3.63) is 30.0 Å². The molecular formula is C11H11FN4O2. The molecule has 0 bridgehead atoms. The lowest BCUT2D eigenvalue weighted by atomic mass is 10.2. The Balaban J connectivity index is 1.83. The average molecular weight is 250 g/mol. The monoisotopic (exact) mass is 250 g/mol. The highest BCUT2D eigenvalue weighted by Crippen LogP contribution is 2.23. The third-order valence-electron chi connectivity index (χ3n) is 2.80. The fraction of sp³-hybridized carbons (Fsp3) is 0.364. The van der Waals surface area contributed by atoms with Crippen molar-refractivity contribution < 1.29 is 14.0 Å². The molecule has 0 saturated carbocycles. The van der Waals surface area contributed by atoms with E-state index in [9.17, 15) is 9.50 Å². The van der Waals surface area contributed by atoms with Gasteiger partial charge in [0.15, 0.2) is 0 Å². The summed E-state index contributed by atoms with van der Waals surface area (Å²) < 4.78 is 17.8. The van der Waals surface area contributed by atoms with E-state index in [2.05, 4.69) is 20.4 Å². The Morgan fingerprint density at radius 1 is 1.44 bits per heavy atom.